The molecule has 0 aromatic carbocycles. The van der Waals surface area contributed by atoms with E-state index >= 15 is 0 Å². The molecule has 0 saturated carbocycles. The number of nitrogens with zero attached hydrogens (tertiary/aromatic N) is 1. The van der Waals surface area contributed by atoms with E-state index in [4.69, 9.17) is 9.05 Å². The van der Waals surface area contributed by atoms with Gasteiger partial charge in [0.05, 0.1) is 34.4 Å². The smallest absolute Gasteiger partial charge is 0.268 e. The van der Waals surface area contributed by atoms with Crippen molar-refractivity contribution in [1.82, 2.24) is 0 Å². The van der Waals surface area contributed by atoms with Crippen molar-refractivity contribution in [2.75, 3.05) is 40.9 Å². The van der Waals surface area contributed by atoms with E-state index in [1.165, 1.54) is 141 Å². The highest BCUT2D eigenvalue weighted by molar-refractivity contribution is 7.45. The van der Waals surface area contributed by atoms with E-state index < -0.39 is 33.2 Å². The Morgan fingerprint density at radius 1 is 0.486 bits per heavy atom. The minimum Gasteiger partial charge on any atom is -0.756 e. The Bertz CT molecular complexity index is 1390. The fraction of sp³-hybridized carbons (Fsp3) is 0.871. The number of aliphatic hydroxyl groups excluding tert-OH is 2. The Hall–Kier alpha value is -1.45. The molecule has 0 aliphatic rings. The summed E-state index contributed by atoms with van der Waals surface area (Å²) in [6.07, 6.45) is 54.5. The molecule has 0 aliphatic heterocycles. The lowest BCUT2D eigenvalue weighted by molar-refractivity contribution is -0.872. The van der Waals surface area contributed by atoms with Gasteiger partial charge in [-0.25, -0.2) is 0 Å². The zero-order valence-electron chi connectivity index (χ0n) is 48.2. The van der Waals surface area contributed by atoms with Gasteiger partial charge in [0.2, 0.25) is 0 Å². The molecule has 0 saturated heterocycles. The van der Waals surface area contributed by atoms with Gasteiger partial charge in [-0.2, -0.15) is 0 Å². The Morgan fingerprint density at radius 3 is 1.12 bits per heavy atom. The van der Waals surface area contributed by atoms with Crippen LogP contribution in [0.25, 0.3) is 0 Å². The Balaban J connectivity index is 6.03. The molecule has 3 atom stereocenters. The number of phosphoric ester groups is 1. The SMILES string of the molecule is CCCCCCCC/C=C\CCCCCCCC(=O)C(CCCCCCCCCCCCCCCC)=C(C(=O)CCCCCCC/C=C\CCCCCCCC)C(C[N+](C)(C)C)OP(=O)([O-])OC[C@H](O)CO. The fourth-order valence-corrected chi connectivity index (χ4v) is 10.5. The molecule has 0 radical (unpaired) electrons. The molecule has 0 aliphatic carbocycles. The molecule has 0 aromatic heterocycles. The summed E-state index contributed by atoms with van der Waals surface area (Å²) in [6.45, 7) is 5.55. The van der Waals surface area contributed by atoms with Crippen LogP contribution in [0, 0.1) is 0 Å². The molecule has 72 heavy (non-hydrogen) atoms. The first-order valence-corrected chi connectivity index (χ1v) is 32.1. The average Bonchev–Trinajstić information content (AvgIpc) is 3.34. The van der Waals surface area contributed by atoms with Crippen LogP contribution in [0.4, 0.5) is 0 Å². The molecule has 0 heterocycles. The van der Waals surface area contributed by atoms with Crippen LogP contribution in [-0.4, -0.2) is 79.4 Å². The third-order valence-electron chi connectivity index (χ3n) is 14.0. The quantitative estimate of drug-likeness (QED) is 0.0202. The molecular weight excluding hydrogens is 918 g/mol. The fourth-order valence-electron chi connectivity index (χ4n) is 9.55. The second-order valence-electron chi connectivity index (χ2n) is 22.4. The van der Waals surface area contributed by atoms with Crippen LogP contribution < -0.4 is 4.89 Å². The molecule has 9 nitrogen and oxygen atoms in total. The number of carbonyl (C=O) groups is 2. The monoisotopic (exact) mass is 1040 g/mol. The van der Waals surface area contributed by atoms with Crippen LogP contribution >= 0.6 is 7.82 Å². The Morgan fingerprint density at radius 2 is 0.792 bits per heavy atom. The number of carbonyl (C=O) groups excluding carboxylic acids is 2. The number of ketones is 2. The van der Waals surface area contributed by atoms with E-state index in [0.717, 1.165) is 103 Å². The van der Waals surface area contributed by atoms with E-state index in [1.54, 1.807) is 0 Å². The van der Waals surface area contributed by atoms with E-state index in [1.807, 2.05) is 21.1 Å². The van der Waals surface area contributed by atoms with Gasteiger partial charge in [0.15, 0.2) is 11.6 Å². The summed E-state index contributed by atoms with van der Waals surface area (Å²) >= 11 is 0. The van der Waals surface area contributed by atoms with Crippen LogP contribution in [0.5, 0.6) is 0 Å². The number of hydrogen-bond acceptors (Lipinski definition) is 8. The standard InChI is InChI=1S/C62H118NO8P/c1-7-10-13-16-19-22-25-28-31-34-37-40-43-46-49-52-59(66)58(51-48-45-42-39-36-33-30-27-24-21-18-15-12-9-3)62(61(54-63(4,5)6)71-72(68,69)70-56-57(65)55-64)60(67)53-50-47-44-41-38-35-32-29-26-23-20-17-14-11-8-2/h28-29,31-32,57,61,64-65H,7-27,30,33-56H2,1-6H3/b31-28-,32-29-,62-58?/t57-,61?/m1/s1. The average molecular weight is 1040 g/mol. The number of Topliss-reactive ketones (excluding diaryl/α,β-unsaturated/α-hetero) is 2. The van der Waals surface area contributed by atoms with Gasteiger partial charge in [0.1, 0.15) is 18.8 Å². The predicted molar refractivity (Wildman–Crippen MR) is 305 cm³/mol. The second-order valence-corrected chi connectivity index (χ2v) is 23.8. The van der Waals surface area contributed by atoms with Gasteiger partial charge in [0.25, 0.3) is 7.82 Å². The summed E-state index contributed by atoms with van der Waals surface area (Å²) < 4.78 is 24.6. The molecule has 0 rings (SSSR count). The lowest BCUT2D eigenvalue weighted by Crippen LogP contribution is -2.45. The third kappa shape index (κ3) is 45.9. The van der Waals surface area contributed by atoms with Gasteiger partial charge in [-0.1, -0.05) is 231 Å². The highest BCUT2D eigenvalue weighted by Gasteiger charge is 2.35. The highest BCUT2D eigenvalue weighted by atomic mass is 31.2. The van der Waals surface area contributed by atoms with E-state index in [-0.39, 0.29) is 34.6 Å². The van der Waals surface area contributed by atoms with Crippen molar-refractivity contribution in [1.29, 1.82) is 0 Å². The van der Waals surface area contributed by atoms with Gasteiger partial charge in [-0.05, 0) is 77.0 Å². The minimum atomic E-state index is -5.08. The maximum atomic E-state index is 14.7. The van der Waals surface area contributed by atoms with Crippen molar-refractivity contribution in [3.63, 3.8) is 0 Å². The van der Waals surface area contributed by atoms with Crippen LogP contribution in [0.2, 0.25) is 0 Å². The topological polar surface area (TPSA) is 133 Å². The number of aliphatic hydroxyl groups is 2. The number of rotatable bonds is 56. The van der Waals surface area contributed by atoms with Crippen molar-refractivity contribution in [3.8, 4) is 0 Å². The van der Waals surface area contributed by atoms with Crippen molar-refractivity contribution < 1.29 is 42.8 Å². The summed E-state index contributed by atoms with van der Waals surface area (Å²) in [5.74, 6) is -0.303. The molecule has 0 bridgehead atoms. The predicted octanol–water partition coefficient (Wildman–Crippen LogP) is 17.3. The number of likely N-dealkylation sites (N-methyl/N-ethyl adjacent to an activating group) is 1. The van der Waals surface area contributed by atoms with Crippen molar-refractivity contribution in [2.45, 2.75) is 309 Å². The van der Waals surface area contributed by atoms with Gasteiger partial charge in [0, 0.05) is 24.0 Å². The number of hydrogen-bond donors (Lipinski definition) is 2. The molecule has 424 valence electrons. The van der Waals surface area contributed by atoms with E-state index in [0.29, 0.717) is 31.3 Å². The molecule has 0 amide bonds. The van der Waals surface area contributed by atoms with Gasteiger partial charge in [-0.3, -0.25) is 14.2 Å². The number of phosphoric acid groups is 1. The molecule has 0 fully saturated rings. The van der Waals surface area contributed by atoms with Crippen LogP contribution in [0.15, 0.2) is 35.5 Å². The first-order valence-electron chi connectivity index (χ1n) is 30.6. The number of unbranched alkanes of at least 4 members (excludes halogenated alkanes) is 35. The van der Waals surface area contributed by atoms with Crippen molar-refractivity contribution >= 4 is 19.4 Å². The largest absolute Gasteiger partial charge is 0.756 e. The number of allylic oxidation sites excluding steroid dienone is 5. The lowest BCUT2D eigenvalue weighted by atomic mass is 9.87. The summed E-state index contributed by atoms with van der Waals surface area (Å²) in [7, 11) is 0.652. The van der Waals surface area contributed by atoms with Gasteiger partial charge < -0.3 is 28.6 Å². The normalized spacial score (nSPS) is 14.3. The molecule has 10 heteroatoms. The third-order valence-corrected chi connectivity index (χ3v) is 15.0. The molecular formula is C62H118NO8P. The molecule has 0 spiro atoms. The summed E-state index contributed by atoms with van der Waals surface area (Å²) in [5.41, 5.74) is 0.615. The van der Waals surface area contributed by atoms with E-state index in [2.05, 4.69) is 45.1 Å². The van der Waals surface area contributed by atoms with Crippen LogP contribution in [0.1, 0.15) is 297 Å². The van der Waals surface area contributed by atoms with Gasteiger partial charge >= 0.3 is 0 Å². The first-order chi connectivity index (χ1) is 34.8. The zero-order valence-corrected chi connectivity index (χ0v) is 49.1. The first kappa shape index (κ1) is 70.5. The van der Waals surface area contributed by atoms with Crippen molar-refractivity contribution in [2.24, 2.45) is 0 Å². The van der Waals surface area contributed by atoms with Gasteiger partial charge in [-0.15, -0.1) is 0 Å². The van der Waals surface area contributed by atoms with E-state index in [9.17, 15) is 29.3 Å². The maximum absolute atomic E-state index is 14.7. The number of quaternary nitrogens is 1. The zero-order chi connectivity index (χ0) is 53.2. The molecule has 2 N–H and O–H groups in total. The van der Waals surface area contributed by atoms with Crippen LogP contribution in [0.3, 0.4) is 0 Å². The Labute approximate surface area is 445 Å². The Kier molecular flexibility index (Phi) is 49.4. The summed E-state index contributed by atoms with van der Waals surface area (Å²) in [6, 6.07) is 0. The van der Waals surface area contributed by atoms with Crippen LogP contribution in [-0.2, 0) is 23.2 Å². The summed E-state index contributed by atoms with van der Waals surface area (Å²) in [5, 5.41) is 19.3. The van der Waals surface area contributed by atoms with Crippen molar-refractivity contribution in [3.05, 3.63) is 35.5 Å². The minimum absolute atomic E-state index is 0.0809. The lowest BCUT2D eigenvalue weighted by Gasteiger charge is -2.35. The maximum Gasteiger partial charge on any atom is 0.268 e. The summed E-state index contributed by atoms with van der Waals surface area (Å²) in [4.78, 5) is 42.7. The molecule has 2 unspecified atom stereocenters. The second kappa shape index (κ2) is 50.4. The highest BCUT2D eigenvalue weighted by Crippen LogP contribution is 2.43. The molecule has 0 aromatic rings.